The van der Waals surface area contributed by atoms with Crippen LogP contribution >= 0.6 is 0 Å². The number of hydrogen-bond donors (Lipinski definition) is 2. The molecule has 1 atom stereocenters. The van der Waals surface area contributed by atoms with E-state index in [9.17, 15) is 4.79 Å². The molecule has 4 heteroatoms. The summed E-state index contributed by atoms with van der Waals surface area (Å²) in [6.07, 6.45) is 3.35. The number of hydrogen-bond acceptors (Lipinski definition) is 3. The Bertz CT molecular complexity index is 521. The molecule has 2 N–H and O–H groups in total. The predicted octanol–water partition coefficient (Wildman–Crippen LogP) is 2.08. The second-order valence-corrected chi connectivity index (χ2v) is 6.75. The van der Waals surface area contributed by atoms with Gasteiger partial charge in [-0.3, -0.25) is 4.79 Å². The van der Waals surface area contributed by atoms with Crippen LogP contribution in [0.1, 0.15) is 24.8 Å². The maximum absolute atomic E-state index is 12.5. The van der Waals surface area contributed by atoms with Gasteiger partial charge in [-0.1, -0.05) is 18.2 Å². The molecule has 2 fully saturated rings. The van der Waals surface area contributed by atoms with E-state index < -0.39 is 0 Å². The monoisotopic (exact) mass is 287 g/mol. The van der Waals surface area contributed by atoms with Crippen LogP contribution in [0.4, 0.5) is 5.69 Å². The molecule has 0 aromatic heterocycles. The zero-order valence-electron chi connectivity index (χ0n) is 13.0. The van der Waals surface area contributed by atoms with Crippen LogP contribution < -0.4 is 10.6 Å². The van der Waals surface area contributed by atoms with Gasteiger partial charge in [0, 0.05) is 18.2 Å². The predicted molar refractivity (Wildman–Crippen MR) is 85.1 cm³/mol. The molecule has 2 aliphatic rings. The SMILES string of the molecule is CN(C)Cc1ccccc1NC(=O)C1CC12CCNCC2. The second kappa shape index (κ2) is 5.78. The summed E-state index contributed by atoms with van der Waals surface area (Å²) in [5, 5.41) is 6.55. The van der Waals surface area contributed by atoms with Gasteiger partial charge in [-0.2, -0.15) is 0 Å². The van der Waals surface area contributed by atoms with Gasteiger partial charge in [0.05, 0.1) is 0 Å². The molecule has 1 aromatic rings. The molecule has 1 aliphatic carbocycles. The molecule has 1 amide bonds. The van der Waals surface area contributed by atoms with Gasteiger partial charge in [-0.25, -0.2) is 0 Å². The quantitative estimate of drug-likeness (QED) is 0.891. The van der Waals surface area contributed by atoms with Crippen molar-refractivity contribution >= 4 is 11.6 Å². The summed E-state index contributed by atoms with van der Waals surface area (Å²) >= 11 is 0. The Hall–Kier alpha value is -1.39. The number of benzene rings is 1. The molecule has 21 heavy (non-hydrogen) atoms. The highest BCUT2D eigenvalue weighted by molar-refractivity contribution is 5.95. The molecular weight excluding hydrogens is 262 g/mol. The standard InChI is InChI=1S/C17H25N3O/c1-20(2)12-13-5-3-4-6-15(13)19-16(21)14-11-17(14)7-9-18-10-8-17/h3-6,14,18H,7-12H2,1-2H3,(H,19,21). The first-order valence-corrected chi connectivity index (χ1v) is 7.85. The summed E-state index contributed by atoms with van der Waals surface area (Å²) in [4.78, 5) is 14.7. The van der Waals surface area contributed by atoms with Crippen molar-refractivity contribution in [2.75, 3.05) is 32.5 Å². The molecule has 0 radical (unpaired) electrons. The number of carbonyl (C=O) groups excluding carboxylic acids is 1. The van der Waals surface area contributed by atoms with Gasteiger partial charge in [-0.05, 0) is 63.5 Å². The summed E-state index contributed by atoms with van der Waals surface area (Å²) in [5.74, 6) is 0.426. The molecule has 1 saturated heterocycles. The summed E-state index contributed by atoms with van der Waals surface area (Å²) in [7, 11) is 4.09. The van der Waals surface area contributed by atoms with Crippen LogP contribution in [0.25, 0.3) is 0 Å². The Morgan fingerprint density at radius 2 is 2.05 bits per heavy atom. The highest BCUT2D eigenvalue weighted by Gasteiger charge is 2.57. The Labute approximate surface area is 126 Å². The number of piperidine rings is 1. The van der Waals surface area contributed by atoms with Crippen molar-refractivity contribution < 1.29 is 4.79 Å². The third kappa shape index (κ3) is 3.11. The maximum atomic E-state index is 12.5. The molecule has 1 saturated carbocycles. The number of nitrogens with one attached hydrogen (secondary N) is 2. The lowest BCUT2D eigenvalue weighted by atomic mass is 9.91. The number of anilines is 1. The van der Waals surface area contributed by atoms with Gasteiger partial charge in [0.15, 0.2) is 0 Å². The fourth-order valence-electron chi connectivity index (χ4n) is 3.54. The third-order valence-electron chi connectivity index (χ3n) is 4.87. The van der Waals surface area contributed by atoms with Crippen molar-refractivity contribution in [3.8, 4) is 0 Å². The van der Waals surface area contributed by atoms with Crippen LogP contribution in [0.5, 0.6) is 0 Å². The minimum absolute atomic E-state index is 0.211. The highest BCUT2D eigenvalue weighted by Crippen LogP contribution is 2.58. The number of para-hydroxylation sites is 1. The van der Waals surface area contributed by atoms with E-state index in [1.807, 2.05) is 32.3 Å². The average Bonchev–Trinajstić information content (AvgIpc) is 3.15. The summed E-state index contributed by atoms with van der Waals surface area (Å²) in [6.45, 7) is 2.96. The minimum atomic E-state index is 0.211. The fourth-order valence-corrected chi connectivity index (χ4v) is 3.54. The number of nitrogens with zero attached hydrogens (tertiary/aromatic N) is 1. The van der Waals surface area contributed by atoms with E-state index in [1.54, 1.807) is 0 Å². The van der Waals surface area contributed by atoms with Crippen LogP contribution in [0.2, 0.25) is 0 Å². The zero-order valence-corrected chi connectivity index (χ0v) is 13.0. The van der Waals surface area contributed by atoms with Crippen molar-refractivity contribution in [2.45, 2.75) is 25.8 Å². The molecule has 4 nitrogen and oxygen atoms in total. The summed E-state index contributed by atoms with van der Waals surface area (Å²) < 4.78 is 0. The van der Waals surface area contributed by atoms with Gasteiger partial charge in [0.25, 0.3) is 0 Å². The Morgan fingerprint density at radius 3 is 2.76 bits per heavy atom. The first-order chi connectivity index (χ1) is 10.1. The van der Waals surface area contributed by atoms with Gasteiger partial charge in [0.1, 0.15) is 0 Å². The molecule has 0 bridgehead atoms. The van der Waals surface area contributed by atoms with Gasteiger partial charge in [0.2, 0.25) is 5.91 Å². The normalized spacial score (nSPS) is 23.3. The van der Waals surface area contributed by atoms with Crippen LogP contribution in [0, 0.1) is 11.3 Å². The lowest BCUT2D eigenvalue weighted by molar-refractivity contribution is -0.118. The molecule has 114 valence electrons. The lowest BCUT2D eigenvalue weighted by Crippen LogP contribution is -2.31. The number of amides is 1. The van der Waals surface area contributed by atoms with E-state index in [4.69, 9.17) is 0 Å². The fraction of sp³-hybridized carbons (Fsp3) is 0.588. The van der Waals surface area contributed by atoms with Crippen LogP contribution in [0.15, 0.2) is 24.3 Å². The van der Waals surface area contributed by atoms with Crippen molar-refractivity contribution in [3.63, 3.8) is 0 Å². The lowest BCUT2D eigenvalue weighted by Gasteiger charge is -2.23. The molecule has 1 spiro atoms. The largest absolute Gasteiger partial charge is 0.326 e. The van der Waals surface area contributed by atoms with E-state index in [0.29, 0.717) is 5.41 Å². The number of carbonyl (C=O) groups is 1. The van der Waals surface area contributed by atoms with Gasteiger partial charge < -0.3 is 15.5 Å². The van der Waals surface area contributed by atoms with E-state index in [-0.39, 0.29) is 11.8 Å². The van der Waals surface area contributed by atoms with E-state index in [2.05, 4.69) is 21.6 Å². The average molecular weight is 287 g/mol. The Kier molecular flexibility index (Phi) is 4.00. The van der Waals surface area contributed by atoms with Gasteiger partial charge >= 0.3 is 0 Å². The molecular formula is C17H25N3O. The summed E-state index contributed by atoms with van der Waals surface area (Å²) in [6, 6.07) is 8.11. The molecule has 3 rings (SSSR count). The smallest absolute Gasteiger partial charge is 0.228 e. The van der Waals surface area contributed by atoms with Crippen LogP contribution in [-0.4, -0.2) is 38.0 Å². The third-order valence-corrected chi connectivity index (χ3v) is 4.87. The van der Waals surface area contributed by atoms with Gasteiger partial charge in [-0.15, -0.1) is 0 Å². The van der Waals surface area contributed by atoms with Crippen molar-refractivity contribution in [2.24, 2.45) is 11.3 Å². The van der Waals surface area contributed by atoms with Crippen LogP contribution in [0.3, 0.4) is 0 Å². The number of rotatable bonds is 4. The van der Waals surface area contributed by atoms with Crippen molar-refractivity contribution in [1.82, 2.24) is 10.2 Å². The van der Waals surface area contributed by atoms with Crippen molar-refractivity contribution in [3.05, 3.63) is 29.8 Å². The first-order valence-electron chi connectivity index (χ1n) is 7.85. The molecule has 1 aliphatic heterocycles. The first kappa shape index (κ1) is 14.5. The van der Waals surface area contributed by atoms with E-state index >= 15 is 0 Å². The Morgan fingerprint density at radius 1 is 1.33 bits per heavy atom. The maximum Gasteiger partial charge on any atom is 0.228 e. The molecule has 1 unspecified atom stereocenters. The molecule has 1 aromatic carbocycles. The second-order valence-electron chi connectivity index (χ2n) is 6.75. The highest BCUT2D eigenvalue weighted by atomic mass is 16.2. The van der Waals surface area contributed by atoms with E-state index in [1.165, 1.54) is 5.56 Å². The van der Waals surface area contributed by atoms with Crippen LogP contribution in [-0.2, 0) is 11.3 Å². The zero-order chi connectivity index (χ0) is 14.9. The minimum Gasteiger partial charge on any atom is -0.326 e. The van der Waals surface area contributed by atoms with E-state index in [0.717, 1.165) is 44.6 Å². The Balaban J connectivity index is 1.66. The molecule has 1 heterocycles. The van der Waals surface area contributed by atoms with Crippen molar-refractivity contribution in [1.29, 1.82) is 0 Å². The summed E-state index contributed by atoms with van der Waals surface area (Å²) in [5.41, 5.74) is 2.44. The topological polar surface area (TPSA) is 44.4 Å².